The fourth-order valence-corrected chi connectivity index (χ4v) is 1.06. The lowest BCUT2D eigenvalue weighted by Crippen LogP contribution is -2.28. The lowest BCUT2D eigenvalue weighted by Gasteiger charge is -2.06. The molecule has 0 atom stereocenters. The van der Waals surface area contributed by atoms with Crippen LogP contribution in [0.15, 0.2) is 24.3 Å². The Labute approximate surface area is 89.6 Å². The molecule has 0 radical (unpaired) electrons. The Morgan fingerprint density at radius 1 is 1.33 bits per heavy atom. The number of benzene rings is 1. The van der Waals surface area contributed by atoms with Gasteiger partial charge in [-0.1, -0.05) is 17.7 Å². The third-order valence-corrected chi connectivity index (χ3v) is 1.81. The minimum Gasteiger partial charge on any atom is -0.325 e. The van der Waals surface area contributed by atoms with Crippen molar-refractivity contribution in [2.45, 2.75) is 13.8 Å². The number of amides is 1. The van der Waals surface area contributed by atoms with Gasteiger partial charge in [0.25, 0.3) is 0 Å². The van der Waals surface area contributed by atoms with Crippen LogP contribution < -0.4 is 10.8 Å². The first-order valence-electron chi connectivity index (χ1n) is 4.93. The van der Waals surface area contributed by atoms with E-state index in [1.54, 1.807) is 0 Å². The molecular weight excluding hydrogens is 192 g/mol. The van der Waals surface area contributed by atoms with Gasteiger partial charge in [0.15, 0.2) is 0 Å². The molecule has 0 saturated carbocycles. The summed E-state index contributed by atoms with van der Waals surface area (Å²) >= 11 is 0. The zero-order valence-electron chi connectivity index (χ0n) is 9.04. The Kier molecular flexibility index (Phi) is 4.80. The van der Waals surface area contributed by atoms with Gasteiger partial charge in [-0.15, -0.1) is 0 Å². The number of anilines is 1. The average Bonchev–Trinajstić information content (AvgIpc) is 2.22. The van der Waals surface area contributed by atoms with E-state index in [-0.39, 0.29) is 12.5 Å². The Morgan fingerprint density at radius 3 is 2.60 bits per heavy atom. The molecule has 0 aliphatic rings. The molecule has 1 amide bonds. The normalized spacial score (nSPS) is 10.0. The van der Waals surface area contributed by atoms with Crippen LogP contribution in [0.25, 0.3) is 0 Å². The largest absolute Gasteiger partial charge is 0.325 e. The second-order valence-electron chi connectivity index (χ2n) is 3.17. The third kappa shape index (κ3) is 4.58. The maximum atomic E-state index is 11.3. The quantitative estimate of drug-likeness (QED) is 0.569. The SMILES string of the molecule is CCONCC(=O)Nc1ccc(C)cc1. The van der Waals surface area contributed by atoms with Crippen molar-refractivity contribution in [2.24, 2.45) is 0 Å². The van der Waals surface area contributed by atoms with Crippen molar-refractivity contribution in [3.05, 3.63) is 29.8 Å². The van der Waals surface area contributed by atoms with E-state index in [1.807, 2.05) is 38.1 Å². The van der Waals surface area contributed by atoms with Crippen molar-refractivity contribution in [1.82, 2.24) is 5.48 Å². The molecule has 1 aromatic carbocycles. The predicted octanol–water partition coefficient (Wildman–Crippen LogP) is 1.47. The fraction of sp³-hybridized carbons (Fsp3) is 0.364. The highest BCUT2D eigenvalue weighted by atomic mass is 16.6. The molecular formula is C11H16N2O2. The summed E-state index contributed by atoms with van der Waals surface area (Å²) in [6.07, 6.45) is 0. The first-order valence-corrected chi connectivity index (χ1v) is 4.93. The van der Waals surface area contributed by atoms with Crippen LogP contribution in [-0.2, 0) is 9.63 Å². The molecule has 1 aromatic rings. The number of rotatable bonds is 5. The second-order valence-corrected chi connectivity index (χ2v) is 3.17. The van der Waals surface area contributed by atoms with Gasteiger partial charge in [-0.05, 0) is 26.0 Å². The summed E-state index contributed by atoms with van der Waals surface area (Å²) in [5.41, 5.74) is 4.52. The molecule has 1 rings (SSSR count). The molecule has 0 bridgehead atoms. The van der Waals surface area contributed by atoms with Crippen LogP contribution in [0, 0.1) is 6.92 Å². The molecule has 0 spiro atoms. The molecule has 0 saturated heterocycles. The summed E-state index contributed by atoms with van der Waals surface area (Å²) < 4.78 is 0. The molecule has 0 unspecified atom stereocenters. The van der Waals surface area contributed by atoms with Crippen molar-refractivity contribution in [1.29, 1.82) is 0 Å². The van der Waals surface area contributed by atoms with Gasteiger partial charge in [-0.25, -0.2) is 0 Å². The Hall–Kier alpha value is -1.39. The standard InChI is InChI=1S/C11H16N2O2/c1-3-15-12-8-11(14)13-10-6-4-9(2)5-7-10/h4-7,12H,3,8H2,1-2H3,(H,13,14). The smallest absolute Gasteiger partial charge is 0.240 e. The maximum absolute atomic E-state index is 11.3. The van der Waals surface area contributed by atoms with E-state index in [0.29, 0.717) is 6.61 Å². The van der Waals surface area contributed by atoms with E-state index >= 15 is 0 Å². The molecule has 4 heteroatoms. The number of aryl methyl sites for hydroxylation is 1. The molecule has 15 heavy (non-hydrogen) atoms. The van der Waals surface area contributed by atoms with E-state index in [2.05, 4.69) is 10.8 Å². The zero-order chi connectivity index (χ0) is 11.1. The molecule has 2 N–H and O–H groups in total. The van der Waals surface area contributed by atoms with Crippen LogP contribution in [0.5, 0.6) is 0 Å². The highest BCUT2D eigenvalue weighted by Gasteiger charge is 2.00. The van der Waals surface area contributed by atoms with Gasteiger partial charge >= 0.3 is 0 Å². The third-order valence-electron chi connectivity index (χ3n) is 1.81. The monoisotopic (exact) mass is 208 g/mol. The van der Waals surface area contributed by atoms with Crippen LogP contribution >= 0.6 is 0 Å². The fourth-order valence-electron chi connectivity index (χ4n) is 1.06. The Bertz CT molecular complexity index is 309. The average molecular weight is 208 g/mol. The Balaban J connectivity index is 2.34. The maximum Gasteiger partial charge on any atom is 0.240 e. The van der Waals surface area contributed by atoms with Gasteiger partial charge in [-0.2, -0.15) is 5.48 Å². The summed E-state index contributed by atoms with van der Waals surface area (Å²) in [6, 6.07) is 7.64. The van der Waals surface area contributed by atoms with E-state index in [0.717, 1.165) is 5.69 Å². The number of hydrogen-bond acceptors (Lipinski definition) is 3. The van der Waals surface area contributed by atoms with Crippen LogP contribution in [0.3, 0.4) is 0 Å². The molecule has 0 heterocycles. The van der Waals surface area contributed by atoms with E-state index < -0.39 is 0 Å². The van der Waals surface area contributed by atoms with Crippen LogP contribution in [0.4, 0.5) is 5.69 Å². The molecule has 82 valence electrons. The van der Waals surface area contributed by atoms with Gasteiger partial charge in [0.05, 0.1) is 6.61 Å². The zero-order valence-corrected chi connectivity index (χ0v) is 9.04. The van der Waals surface area contributed by atoms with Crippen molar-refractivity contribution in [3.8, 4) is 0 Å². The summed E-state index contributed by atoms with van der Waals surface area (Å²) in [4.78, 5) is 16.2. The summed E-state index contributed by atoms with van der Waals surface area (Å²) in [5, 5.41) is 2.75. The minimum absolute atomic E-state index is 0.118. The van der Waals surface area contributed by atoms with Gasteiger partial charge in [-0.3, -0.25) is 4.79 Å². The summed E-state index contributed by atoms with van der Waals surface area (Å²) in [7, 11) is 0. The van der Waals surface area contributed by atoms with Crippen LogP contribution in [0.1, 0.15) is 12.5 Å². The molecule has 0 aliphatic heterocycles. The lowest BCUT2D eigenvalue weighted by molar-refractivity contribution is -0.117. The molecule has 0 aliphatic carbocycles. The van der Waals surface area contributed by atoms with Gasteiger partial charge in [0.1, 0.15) is 6.54 Å². The van der Waals surface area contributed by atoms with Crippen molar-refractivity contribution in [2.75, 3.05) is 18.5 Å². The Morgan fingerprint density at radius 2 is 2.00 bits per heavy atom. The molecule has 4 nitrogen and oxygen atoms in total. The summed E-state index contributed by atoms with van der Waals surface area (Å²) in [6.45, 7) is 4.55. The van der Waals surface area contributed by atoms with Gasteiger partial charge in [0.2, 0.25) is 5.91 Å². The minimum atomic E-state index is -0.118. The predicted molar refractivity (Wildman–Crippen MR) is 59.4 cm³/mol. The molecule has 0 fully saturated rings. The van der Waals surface area contributed by atoms with Crippen LogP contribution in [-0.4, -0.2) is 19.1 Å². The first kappa shape index (κ1) is 11.7. The second kappa shape index (κ2) is 6.16. The van der Waals surface area contributed by atoms with E-state index in [9.17, 15) is 4.79 Å². The van der Waals surface area contributed by atoms with Crippen LogP contribution in [0.2, 0.25) is 0 Å². The number of hydrogen-bond donors (Lipinski definition) is 2. The highest BCUT2D eigenvalue weighted by Crippen LogP contribution is 2.07. The van der Waals surface area contributed by atoms with Crippen molar-refractivity contribution < 1.29 is 9.63 Å². The molecule has 0 aromatic heterocycles. The lowest BCUT2D eigenvalue weighted by atomic mass is 10.2. The highest BCUT2D eigenvalue weighted by molar-refractivity contribution is 5.92. The van der Waals surface area contributed by atoms with Gasteiger partial charge < -0.3 is 10.2 Å². The number of hydroxylamine groups is 1. The van der Waals surface area contributed by atoms with E-state index in [1.165, 1.54) is 5.56 Å². The van der Waals surface area contributed by atoms with Crippen molar-refractivity contribution in [3.63, 3.8) is 0 Å². The van der Waals surface area contributed by atoms with E-state index in [4.69, 9.17) is 4.84 Å². The number of carbonyl (C=O) groups is 1. The number of carbonyl (C=O) groups excluding carboxylic acids is 1. The summed E-state index contributed by atoms with van der Waals surface area (Å²) in [5.74, 6) is -0.118. The number of nitrogens with one attached hydrogen (secondary N) is 2. The van der Waals surface area contributed by atoms with Gasteiger partial charge in [0, 0.05) is 5.69 Å². The van der Waals surface area contributed by atoms with Crippen molar-refractivity contribution >= 4 is 11.6 Å². The first-order chi connectivity index (χ1) is 7.22. The topological polar surface area (TPSA) is 50.4 Å².